The number of cyclic esters (lactones) is 1. The maximum absolute atomic E-state index is 12.7. The van der Waals surface area contributed by atoms with Crippen molar-refractivity contribution in [2.45, 2.75) is 25.9 Å². The highest BCUT2D eigenvalue weighted by Crippen LogP contribution is 2.30. The first-order chi connectivity index (χ1) is 11.8. The lowest BCUT2D eigenvalue weighted by atomic mass is 9.88. The van der Waals surface area contributed by atoms with Crippen molar-refractivity contribution in [2.24, 2.45) is 0 Å². The number of nitrogens with one attached hydrogen (secondary N) is 1. The van der Waals surface area contributed by atoms with E-state index in [9.17, 15) is 19.7 Å². The number of anilines is 1. The van der Waals surface area contributed by atoms with Gasteiger partial charge in [-0.3, -0.25) is 14.9 Å². The van der Waals surface area contributed by atoms with Gasteiger partial charge in [-0.05, 0) is 31.5 Å². The van der Waals surface area contributed by atoms with Crippen LogP contribution in [0.25, 0.3) is 0 Å². The summed E-state index contributed by atoms with van der Waals surface area (Å²) in [6, 6.07) is 10.9. The van der Waals surface area contributed by atoms with Crippen LogP contribution in [0.1, 0.15) is 28.4 Å². The summed E-state index contributed by atoms with van der Waals surface area (Å²) in [5.74, 6) is -1.09. The van der Waals surface area contributed by atoms with Crippen molar-refractivity contribution in [1.29, 1.82) is 0 Å². The van der Waals surface area contributed by atoms with Crippen LogP contribution in [0.2, 0.25) is 0 Å². The van der Waals surface area contributed by atoms with Gasteiger partial charge in [0.15, 0.2) is 5.60 Å². The maximum atomic E-state index is 12.7. The van der Waals surface area contributed by atoms with Gasteiger partial charge in [0.05, 0.1) is 10.5 Å². The summed E-state index contributed by atoms with van der Waals surface area (Å²) < 4.78 is 5.37. The van der Waals surface area contributed by atoms with Crippen LogP contribution >= 0.6 is 0 Å². The van der Waals surface area contributed by atoms with Crippen LogP contribution in [0.5, 0.6) is 0 Å². The molecule has 0 bridgehead atoms. The standard InChI is InChI=1S/C18H16N2O5/c1-11-6-7-15-12(8-11)10-18(2,25-16(15)21)17(22)19-13-4-3-5-14(9-13)20(23)24/h3-9H,10H2,1-2H3,(H,19,22). The SMILES string of the molecule is Cc1ccc2c(c1)CC(C)(C(=O)Nc1cccc([N+](=O)[O-])c1)OC2=O. The Kier molecular flexibility index (Phi) is 4.00. The molecule has 128 valence electrons. The van der Waals surface area contributed by atoms with Crippen LogP contribution < -0.4 is 5.32 Å². The van der Waals surface area contributed by atoms with E-state index in [1.807, 2.05) is 19.1 Å². The van der Waals surface area contributed by atoms with Gasteiger partial charge in [0.1, 0.15) is 0 Å². The number of nitro groups is 1. The molecule has 1 unspecified atom stereocenters. The summed E-state index contributed by atoms with van der Waals surface area (Å²) in [5.41, 5.74) is 0.924. The maximum Gasteiger partial charge on any atom is 0.339 e. The van der Waals surface area contributed by atoms with Crippen molar-refractivity contribution in [1.82, 2.24) is 0 Å². The molecule has 2 aromatic carbocycles. The Labute approximate surface area is 143 Å². The molecule has 1 aliphatic rings. The Morgan fingerprint density at radius 1 is 1.28 bits per heavy atom. The minimum Gasteiger partial charge on any atom is -0.445 e. The number of ether oxygens (including phenoxy) is 1. The molecular weight excluding hydrogens is 324 g/mol. The zero-order valence-electron chi connectivity index (χ0n) is 13.7. The average Bonchev–Trinajstić information content (AvgIpc) is 2.54. The summed E-state index contributed by atoms with van der Waals surface area (Å²) in [7, 11) is 0. The molecule has 25 heavy (non-hydrogen) atoms. The number of amides is 1. The molecule has 1 amide bonds. The Morgan fingerprint density at radius 2 is 2.04 bits per heavy atom. The first kappa shape index (κ1) is 16.6. The predicted octanol–water partition coefficient (Wildman–Crippen LogP) is 3.01. The van der Waals surface area contributed by atoms with E-state index in [-0.39, 0.29) is 17.8 Å². The first-order valence-electron chi connectivity index (χ1n) is 7.67. The van der Waals surface area contributed by atoms with Crippen molar-refractivity contribution in [3.05, 3.63) is 69.3 Å². The van der Waals surface area contributed by atoms with E-state index in [0.29, 0.717) is 5.56 Å². The predicted molar refractivity (Wildman–Crippen MR) is 90.4 cm³/mol. The monoisotopic (exact) mass is 340 g/mol. The van der Waals surface area contributed by atoms with Gasteiger partial charge in [0, 0.05) is 24.2 Å². The van der Waals surface area contributed by atoms with E-state index in [2.05, 4.69) is 5.32 Å². The number of rotatable bonds is 3. The summed E-state index contributed by atoms with van der Waals surface area (Å²) >= 11 is 0. The van der Waals surface area contributed by atoms with Gasteiger partial charge in [-0.15, -0.1) is 0 Å². The number of hydrogen-bond donors (Lipinski definition) is 1. The molecule has 7 heteroatoms. The van der Waals surface area contributed by atoms with E-state index in [1.54, 1.807) is 6.07 Å². The van der Waals surface area contributed by atoms with Crippen molar-refractivity contribution in [3.63, 3.8) is 0 Å². The number of aryl methyl sites for hydroxylation is 1. The smallest absolute Gasteiger partial charge is 0.339 e. The fourth-order valence-electron chi connectivity index (χ4n) is 2.81. The molecule has 7 nitrogen and oxygen atoms in total. The van der Waals surface area contributed by atoms with E-state index in [4.69, 9.17) is 4.74 Å². The molecule has 0 radical (unpaired) electrons. The van der Waals surface area contributed by atoms with Gasteiger partial charge < -0.3 is 10.1 Å². The molecule has 1 N–H and O–H groups in total. The number of esters is 1. The minimum absolute atomic E-state index is 0.135. The van der Waals surface area contributed by atoms with Gasteiger partial charge in [0.2, 0.25) is 0 Å². The lowest BCUT2D eigenvalue weighted by Crippen LogP contribution is -2.48. The summed E-state index contributed by atoms with van der Waals surface area (Å²) in [5, 5.41) is 13.4. The van der Waals surface area contributed by atoms with Crippen LogP contribution in [-0.4, -0.2) is 22.4 Å². The fraction of sp³-hybridized carbons (Fsp3) is 0.222. The van der Waals surface area contributed by atoms with Crippen molar-refractivity contribution >= 4 is 23.3 Å². The Balaban J connectivity index is 1.86. The van der Waals surface area contributed by atoms with E-state index < -0.39 is 22.4 Å². The molecule has 0 aliphatic carbocycles. The molecule has 1 atom stereocenters. The largest absolute Gasteiger partial charge is 0.445 e. The molecule has 0 saturated carbocycles. The molecule has 1 aliphatic heterocycles. The van der Waals surface area contributed by atoms with Gasteiger partial charge in [-0.2, -0.15) is 0 Å². The first-order valence-corrected chi connectivity index (χ1v) is 7.67. The zero-order valence-corrected chi connectivity index (χ0v) is 13.7. The molecular formula is C18H16N2O5. The minimum atomic E-state index is -1.39. The number of benzene rings is 2. The molecule has 0 aromatic heterocycles. The summed E-state index contributed by atoms with van der Waals surface area (Å²) in [6.45, 7) is 3.43. The number of carbonyl (C=O) groups is 2. The zero-order chi connectivity index (χ0) is 18.2. The highest BCUT2D eigenvalue weighted by atomic mass is 16.6. The van der Waals surface area contributed by atoms with Gasteiger partial charge in [-0.25, -0.2) is 4.79 Å². The second-order valence-corrected chi connectivity index (χ2v) is 6.22. The number of carbonyl (C=O) groups excluding carboxylic acids is 2. The number of nitro benzene ring substituents is 1. The second kappa shape index (κ2) is 6.01. The van der Waals surface area contributed by atoms with Crippen LogP contribution in [0.3, 0.4) is 0 Å². The summed E-state index contributed by atoms with van der Waals surface area (Å²) in [6.07, 6.45) is 0.233. The molecule has 0 saturated heterocycles. The van der Waals surface area contributed by atoms with Crippen molar-refractivity contribution in [2.75, 3.05) is 5.32 Å². The van der Waals surface area contributed by atoms with Crippen LogP contribution in [0.4, 0.5) is 11.4 Å². The number of hydrogen-bond acceptors (Lipinski definition) is 5. The lowest BCUT2D eigenvalue weighted by molar-refractivity contribution is -0.384. The Hall–Kier alpha value is -3.22. The third-order valence-electron chi connectivity index (χ3n) is 4.12. The lowest BCUT2D eigenvalue weighted by Gasteiger charge is -2.33. The summed E-state index contributed by atoms with van der Waals surface area (Å²) in [4.78, 5) is 35.2. The molecule has 0 fully saturated rings. The topological polar surface area (TPSA) is 98.5 Å². The van der Waals surface area contributed by atoms with Gasteiger partial charge in [-0.1, -0.05) is 23.8 Å². The number of fused-ring (bicyclic) bond motifs is 1. The Bertz CT molecular complexity index is 893. The third-order valence-corrected chi connectivity index (χ3v) is 4.12. The van der Waals surface area contributed by atoms with Crippen LogP contribution in [-0.2, 0) is 16.0 Å². The second-order valence-electron chi connectivity index (χ2n) is 6.22. The van der Waals surface area contributed by atoms with Gasteiger partial charge >= 0.3 is 5.97 Å². The number of nitrogens with zero attached hydrogens (tertiary/aromatic N) is 1. The van der Waals surface area contributed by atoms with E-state index in [0.717, 1.165) is 11.1 Å². The number of non-ortho nitro benzene ring substituents is 1. The van der Waals surface area contributed by atoms with Gasteiger partial charge in [0.25, 0.3) is 11.6 Å². The molecule has 2 aromatic rings. The van der Waals surface area contributed by atoms with Crippen LogP contribution in [0.15, 0.2) is 42.5 Å². The normalized spacial score (nSPS) is 18.9. The highest BCUT2D eigenvalue weighted by molar-refractivity contribution is 6.02. The van der Waals surface area contributed by atoms with E-state index >= 15 is 0 Å². The average molecular weight is 340 g/mol. The molecule has 3 rings (SSSR count). The Morgan fingerprint density at radius 3 is 2.76 bits per heavy atom. The molecule has 0 spiro atoms. The quantitative estimate of drug-likeness (QED) is 0.526. The highest BCUT2D eigenvalue weighted by Gasteiger charge is 2.42. The third kappa shape index (κ3) is 3.21. The van der Waals surface area contributed by atoms with Crippen molar-refractivity contribution < 1.29 is 19.2 Å². The van der Waals surface area contributed by atoms with Crippen molar-refractivity contribution in [3.8, 4) is 0 Å². The fourth-order valence-corrected chi connectivity index (χ4v) is 2.81. The van der Waals surface area contributed by atoms with Crippen LogP contribution in [0, 0.1) is 17.0 Å². The van der Waals surface area contributed by atoms with E-state index in [1.165, 1.54) is 31.2 Å². The molecule has 1 heterocycles.